The van der Waals surface area contributed by atoms with Crippen LogP contribution in [0, 0.1) is 10.1 Å². The van der Waals surface area contributed by atoms with Gasteiger partial charge in [0.1, 0.15) is 0 Å². The molecule has 0 saturated carbocycles. The number of carboxylic acid groups (broad SMARTS) is 1. The van der Waals surface area contributed by atoms with Crippen LogP contribution in [0.25, 0.3) is 0 Å². The Labute approximate surface area is 119 Å². The molecular formula is C13H12N4O4. The van der Waals surface area contributed by atoms with E-state index in [9.17, 15) is 14.9 Å². The largest absolute Gasteiger partial charge is 0.477 e. The first-order valence-corrected chi connectivity index (χ1v) is 6.10. The van der Waals surface area contributed by atoms with Gasteiger partial charge in [-0.05, 0) is 18.1 Å². The Hall–Kier alpha value is -3.03. The third-order valence-electron chi connectivity index (χ3n) is 2.72. The van der Waals surface area contributed by atoms with Gasteiger partial charge < -0.3 is 10.4 Å². The van der Waals surface area contributed by atoms with Crippen molar-refractivity contribution >= 4 is 17.6 Å². The van der Waals surface area contributed by atoms with Gasteiger partial charge in [-0.2, -0.15) is 0 Å². The third-order valence-corrected chi connectivity index (χ3v) is 2.72. The lowest BCUT2D eigenvalue weighted by Crippen LogP contribution is -2.10. The Morgan fingerprint density at radius 3 is 2.62 bits per heavy atom. The minimum absolute atomic E-state index is 0.0456. The van der Waals surface area contributed by atoms with Crippen LogP contribution in [0.1, 0.15) is 16.1 Å². The normalized spacial score (nSPS) is 10.1. The molecule has 0 aliphatic heterocycles. The molecule has 0 spiro atoms. The van der Waals surface area contributed by atoms with Gasteiger partial charge in [-0.3, -0.25) is 10.1 Å². The van der Waals surface area contributed by atoms with E-state index in [1.54, 1.807) is 12.1 Å². The predicted molar refractivity (Wildman–Crippen MR) is 74.3 cm³/mol. The van der Waals surface area contributed by atoms with Gasteiger partial charge in [0.15, 0.2) is 5.69 Å². The number of nitro benzene ring substituents is 1. The number of hydrogen-bond donors (Lipinski definition) is 2. The Kier molecular flexibility index (Phi) is 4.39. The maximum absolute atomic E-state index is 10.8. The molecule has 0 unspecified atom stereocenters. The van der Waals surface area contributed by atoms with Crippen LogP contribution >= 0.6 is 0 Å². The summed E-state index contributed by atoms with van der Waals surface area (Å²) in [5.74, 6) is -0.882. The zero-order valence-corrected chi connectivity index (χ0v) is 10.9. The summed E-state index contributed by atoms with van der Waals surface area (Å²) < 4.78 is 0. The molecule has 0 fully saturated rings. The summed E-state index contributed by atoms with van der Waals surface area (Å²) in [5, 5.41) is 22.2. The number of non-ortho nitro benzene ring substituents is 1. The van der Waals surface area contributed by atoms with E-state index in [0.29, 0.717) is 13.0 Å². The molecule has 1 heterocycles. The minimum Gasteiger partial charge on any atom is -0.477 e. The van der Waals surface area contributed by atoms with E-state index in [1.807, 2.05) is 0 Å². The number of hydrogen-bond acceptors (Lipinski definition) is 6. The van der Waals surface area contributed by atoms with Crippen LogP contribution in [0.5, 0.6) is 0 Å². The van der Waals surface area contributed by atoms with Crippen molar-refractivity contribution in [3.05, 3.63) is 57.9 Å². The number of carboxylic acids is 1. The fraction of sp³-hybridized carbons (Fsp3) is 0.154. The van der Waals surface area contributed by atoms with Crippen LogP contribution in [0.3, 0.4) is 0 Å². The Balaban J connectivity index is 1.90. The van der Waals surface area contributed by atoms with Crippen molar-refractivity contribution in [1.82, 2.24) is 9.97 Å². The molecule has 0 bridgehead atoms. The van der Waals surface area contributed by atoms with Crippen molar-refractivity contribution in [1.29, 1.82) is 0 Å². The van der Waals surface area contributed by atoms with E-state index < -0.39 is 10.9 Å². The lowest BCUT2D eigenvalue weighted by Gasteiger charge is -2.05. The first kappa shape index (κ1) is 14.4. The van der Waals surface area contributed by atoms with E-state index in [1.165, 1.54) is 24.4 Å². The molecule has 0 aliphatic carbocycles. The number of nitrogens with one attached hydrogen (secondary N) is 1. The van der Waals surface area contributed by atoms with Crippen LogP contribution in [-0.2, 0) is 6.42 Å². The van der Waals surface area contributed by atoms with Gasteiger partial charge >= 0.3 is 5.97 Å². The molecule has 8 nitrogen and oxygen atoms in total. The molecule has 2 rings (SSSR count). The van der Waals surface area contributed by atoms with Gasteiger partial charge in [-0.25, -0.2) is 14.8 Å². The summed E-state index contributed by atoms with van der Waals surface area (Å²) in [6, 6.07) is 7.54. The number of rotatable bonds is 6. The van der Waals surface area contributed by atoms with Crippen LogP contribution in [0.2, 0.25) is 0 Å². The van der Waals surface area contributed by atoms with Gasteiger partial charge in [0.25, 0.3) is 5.69 Å². The van der Waals surface area contributed by atoms with Crippen molar-refractivity contribution < 1.29 is 14.8 Å². The standard InChI is InChI=1S/C13H12N4O4/c18-12(19)11-6-8-15-13(16-11)14-7-5-9-1-3-10(4-2-9)17(20)21/h1-4,6,8H,5,7H2,(H,18,19)(H,14,15,16). The summed E-state index contributed by atoms with van der Waals surface area (Å²) in [6.07, 6.45) is 1.98. The highest BCUT2D eigenvalue weighted by molar-refractivity contribution is 5.85. The van der Waals surface area contributed by atoms with E-state index in [4.69, 9.17) is 5.11 Å². The topological polar surface area (TPSA) is 118 Å². The molecule has 0 atom stereocenters. The number of nitrogens with zero attached hydrogens (tertiary/aromatic N) is 3. The highest BCUT2D eigenvalue weighted by Crippen LogP contribution is 2.12. The van der Waals surface area contributed by atoms with Crippen LogP contribution in [-0.4, -0.2) is 32.5 Å². The number of benzene rings is 1. The first-order valence-electron chi connectivity index (χ1n) is 6.10. The maximum atomic E-state index is 10.8. The zero-order valence-electron chi connectivity index (χ0n) is 10.9. The SMILES string of the molecule is O=C(O)c1ccnc(NCCc2ccc([N+](=O)[O-])cc2)n1. The zero-order chi connectivity index (χ0) is 15.2. The lowest BCUT2D eigenvalue weighted by atomic mass is 10.1. The maximum Gasteiger partial charge on any atom is 0.354 e. The fourth-order valence-electron chi connectivity index (χ4n) is 1.67. The van der Waals surface area contributed by atoms with Gasteiger partial charge in [0, 0.05) is 24.9 Å². The molecule has 2 N–H and O–H groups in total. The molecule has 0 saturated heterocycles. The molecule has 0 amide bonds. The smallest absolute Gasteiger partial charge is 0.354 e. The van der Waals surface area contributed by atoms with Gasteiger partial charge in [-0.15, -0.1) is 0 Å². The Bertz CT molecular complexity index is 657. The van der Waals surface area contributed by atoms with E-state index >= 15 is 0 Å². The lowest BCUT2D eigenvalue weighted by molar-refractivity contribution is -0.384. The summed E-state index contributed by atoms with van der Waals surface area (Å²) in [5.41, 5.74) is 0.884. The highest BCUT2D eigenvalue weighted by atomic mass is 16.6. The molecule has 1 aromatic carbocycles. The van der Waals surface area contributed by atoms with Crippen LogP contribution in [0.15, 0.2) is 36.5 Å². The Morgan fingerprint density at radius 2 is 2.00 bits per heavy atom. The van der Waals surface area contributed by atoms with E-state index in [-0.39, 0.29) is 17.3 Å². The summed E-state index contributed by atoms with van der Waals surface area (Å²) in [4.78, 5) is 28.6. The average molecular weight is 288 g/mol. The second-order valence-electron chi connectivity index (χ2n) is 4.17. The van der Waals surface area contributed by atoms with E-state index in [2.05, 4.69) is 15.3 Å². The molecule has 8 heteroatoms. The second kappa shape index (κ2) is 6.42. The van der Waals surface area contributed by atoms with E-state index in [0.717, 1.165) is 5.56 Å². The van der Waals surface area contributed by atoms with Crippen molar-refractivity contribution in [3.8, 4) is 0 Å². The molecule has 2 aromatic rings. The predicted octanol–water partition coefficient (Wildman–Crippen LogP) is 1.74. The summed E-state index contributed by atoms with van der Waals surface area (Å²) in [6.45, 7) is 0.487. The van der Waals surface area contributed by atoms with Crippen molar-refractivity contribution in [3.63, 3.8) is 0 Å². The molecule has 0 aliphatic rings. The summed E-state index contributed by atoms with van der Waals surface area (Å²) in [7, 11) is 0. The first-order chi connectivity index (χ1) is 10.1. The van der Waals surface area contributed by atoms with Gasteiger partial charge in [0.2, 0.25) is 5.95 Å². The van der Waals surface area contributed by atoms with Gasteiger partial charge in [-0.1, -0.05) is 12.1 Å². The van der Waals surface area contributed by atoms with Crippen molar-refractivity contribution in [2.45, 2.75) is 6.42 Å². The molecule has 0 radical (unpaired) electrons. The monoisotopic (exact) mass is 288 g/mol. The minimum atomic E-state index is -1.11. The van der Waals surface area contributed by atoms with Crippen molar-refractivity contribution in [2.75, 3.05) is 11.9 Å². The number of nitro groups is 1. The molecular weight excluding hydrogens is 276 g/mol. The second-order valence-corrected chi connectivity index (χ2v) is 4.17. The Morgan fingerprint density at radius 1 is 1.29 bits per heavy atom. The number of carbonyl (C=O) groups is 1. The van der Waals surface area contributed by atoms with Crippen LogP contribution in [0.4, 0.5) is 11.6 Å². The fourth-order valence-corrected chi connectivity index (χ4v) is 1.67. The number of aromatic nitrogens is 2. The number of anilines is 1. The highest BCUT2D eigenvalue weighted by Gasteiger charge is 2.06. The molecule has 21 heavy (non-hydrogen) atoms. The molecule has 1 aromatic heterocycles. The van der Waals surface area contributed by atoms with Crippen molar-refractivity contribution in [2.24, 2.45) is 0 Å². The average Bonchev–Trinajstić information content (AvgIpc) is 2.48. The third kappa shape index (κ3) is 3.96. The number of aromatic carboxylic acids is 1. The molecule has 108 valence electrons. The summed E-state index contributed by atoms with van der Waals surface area (Å²) >= 11 is 0. The van der Waals surface area contributed by atoms with Gasteiger partial charge in [0.05, 0.1) is 4.92 Å². The quantitative estimate of drug-likeness (QED) is 0.613. The van der Waals surface area contributed by atoms with Crippen LogP contribution < -0.4 is 5.32 Å².